The Bertz CT molecular complexity index is 534. The molecule has 0 heterocycles. The van der Waals surface area contributed by atoms with Gasteiger partial charge in [-0.3, -0.25) is 4.79 Å². The highest BCUT2D eigenvalue weighted by Gasteiger charge is 2.21. The Kier molecular flexibility index (Phi) is 5.54. The van der Waals surface area contributed by atoms with Crippen molar-refractivity contribution in [3.63, 3.8) is 0 Å². The van der Waals surface area contributed by atoms with Gasteiger partial charge in [0.15, 0.2) is 9.84 Å². The Morgan fingerprint density at radius 2 is 1.84 bits per heavy atom. The summed E-state index contributed by atoms with van der Waals surface area (Å²) in [7, 11) is -1.86. The van der Waals surface area contributed by atoms with Gasteiger partial charge in [-0.05, 0) is 24.5 Å². The van der Waals surface area contributed by atoms with Gasteiger partial charge in [0.05, 0.1) is 24.5 Å². The molecule has 5 heteroatoms. The predicted molar refractivity (Wildman–Crippen MR) is 74.5 cm³/mol. The Morgan fingerprint density at radius 1 is 1.26 bits per heavy atom. The van der Waals surface area contributed by atoms with Crippen LogP contribution < -0.4 is 0 Å². The van der Waals surface area contributed by atoms with E-state index in [4.69, 9.17) is 0 Å². The molecular formula is C14H20O4S. The van der Waals surface area contributed by atoms with Crippen LogP contribution in [0.4, 0.5) is 0 Å². The topological polar surface area (TPSA) is 60.4 Å². The van der Waals surface area contributed by atoms with Crippen molar-refractivity contribution >= 4 is 15.8 Å². The highest BCUT2D eigenvalue weighted by atomic mass is 32.2. The summed E-state index contributed by atoms with van der Waals surface area (Å²) in [6.45, 7) is 3.56. The normalized spacial score (nSPS) is 13.0. The fraction of sp³-hybridized carbons (Fsp3) is 0.500. The second-order valence-corrected chi connectivity index (χ2v) is 6.97. The number of benzene rings is 1. The third-order valence-corrected chi connectivity index (χ3v) is 5.50. The van der Waals surface area contributed by atoms with Gasteiger partial charge in [-0.15, -0.1) is 0 Å². The monoisotopic (exact) mass is 284 g/mol. The summed E-state index contributed by atoms with van der Waals surface area (Å²) in [4.78, 5) is 11.3. The number of carbonyl (C=O) groups is 1. The lowest BCUT2D eigenvalue weighted by atomic mass is 10.1. The molecule has 0 spiro atoms. The lowest BCUT2D eigenvalue weighted by molar-refractivity contribution is -0.139. The highest BCUT2D eigenvalue weighted by Crippen LogP contribution is 2.17. The van der Waals surface area contributed by atoms with Crippen LogP contribution in [0.3, 0.4) is 0 Å². The average molecular weight is 284 g/mol. The van der Waals surface area contributed by atoms with Crippen LogP contribution in [0.1, 0.15) is 31.4 Å². The van der Waals surface area contributed by atoms with Crippen molar-refractivity contribution < 1.29 is 17.9 Å². The number of ether oxygens (including phenoxy) is 1. The zero-order chi connectivity index (χ0) is 14.5. The van der Waals surface area contributed by atoms with Crippen molar-refractivity contribution in [2.75, 3.05) is 7.11 Å². The first-order chi connectivity index (χ1) is 8.90. The van der Waals surface area contributed by atoms with Crippen LogP contribution in [0.15, 0.2) is 24.3 Å². The summed E-state index contributed by atoms with van der Waals surface area (Å²) in [5.41, 5.74) is 1.38. The molecule has 0 radical (unpaired) electrons. The fourth-order valence-electron chi connectivity index (χ4n) is 1.71. The number of hydrogen-bond donors (Lipinski definition) is 0. The second-order valence-electron chi connectivity index (χ2n) is 4.55. The number of methoxy groups -OCH3 is 1. The van der Waals surface area contributed by atoms with E-state index in [1.807, 2.05) is 6.92 Å². The Balaban J connectivity index is 2.99. The van der Waals surface area contributed by atoms with Crippen molar-refractivity contribution in [3.8, 4) is 0 Å². The predicted octanol–water partition coefficient (Wildman–Crippen LogP) is 2.12. The summed E-state index contributed by atoms with van der Waals surface area (Å²) in [6, 6.07) is 7.08. The van der Waals surface area contributed by atoms with Crippen LogP contribution in [0, 0.1) is 0 Å². The lowest BCUT2D eigenvalue weighted by Gasteiger charge is -2.13. The van der Waals surface area contributed by atoms with Crippen molar-refractivity contribution in [2.24, 2.45) is 0 Å². The van der Waals surface area contributed by atoms with Gasteiger partial charge in [0.25, 0.3) is 0 Å². The standard InChI is InChI=1S/C14H20O4S/c1-4-11(2)19(16,17)10-13-8-6-5-7-12(13)9-14(15)18-3/h5-8,11H,4,9-10H2,1-3H3. The van der Waals surface area contributed by atoms with Crippen LogP contribution in [-0.2, 0) is 31.5 Å². The molecule has 106 valence electrons. The molecule has 1 atom stereocenters. The van der Waals surface area contributed by atoms with Gasteiger partial charge < -0.3 is 4.74 Å². The van der Waals surface area contributed by atoms with Crippen LogP contribution >= 0.6 is 0 Å². The van der Waals surface area contributed by atoms with Gasteiger partial charge in [-0.2, -0.15) is 0 Å². The molecule has 1 rings (SSSR count). The van der Waals surface area contributed by atoms with Crippen molar-refractivity contribution in [1.29, 1.82) is 0 Å². The van der Waals surface area contributed by atoms with Gasteiger partial charge in [0, 0.05) is 0 Å². The Hall–Kier alpha value is -1.36. The maximum absolute atomic E-state index is 12.1. The molecular weight excluding hydrogens is 264 g/mol. The highest BCUT2D eigenvalue weighted by molar-refractivity contribution is 7.91. The van der Waals surface area contributed by atoms with E-state index in [1.54, 1.807) is 31.2 Å². The minimum atomic E-state index is -3.18. The lowest BCUT2D eigenvalue weighted by Crippen LogP contribution is -2.20. The van der Waals surface area contributed by atoms with Gasteiger partial charge in [0.1, 0.15) is 0 Å². The van der Waals surface area contributed by atoms with Crippen molar-refractivity contribution in [2.45, 2.75) is 37.7 Å². The van der Waals surface area contributed by atoms with E-state index in [2.05, 4.69) is 4.74 Å². The minimum absolute atomic E-state index is 0.0326. The number of hydrogen-bond acceptors (Lipinski definition) is 4. The van der Waals surface area contributed by atoms with E-state index < -0.39 is 9.84 Å². The van der Waals surface area contributed by atoms with E-state index in [9.17, 15) is 13.2 Å². The number of esters is 1. The largest absolute Gasteiger partial charge is 0.469 e. The first-order valence-corrected chi connectivity index (χ1v) is 7.97. The van der Waals surface area contributed by atoms with E-state index >= 15 is 0 Å². The molecule has 0 amide bonds. The number of carbonyl (C=O) groups excluding carboxylic acids is 1. The summed E-state index contributed by atoms with van der Waals surface area (Å²) in [5.74, 6) is -0.400. The second kappa shape index (κ2) is 6.70. The van der Waals surface area contributed by atoms with E-state index in [-0.39, 0.29) is 23.4 Å². The average Bonchev–Trinajstić information content (AvgIpc) is 2.39. The number of sulfone groups is 1. The maximum atomic E-state index is 12.1. The summed E-state index contributed by atoms with van der Waals surface area (Å²) in [5, 5.41) is -0.376. The first-order valence-electron chi connectivity index (χ1n) is 6.25. The molecule has 1 aromatic rings. The van der Waals surface area contributed by atoms with Crippen LogP contribution in [0.5, 0.6) is 0 Å². The van der Waals surface area contributed by atoms with E-state index in [0.29, 0.717) is 17.5 Å². The molecule has 4 nitrogen and oxygen atoms in total. The zero-order valence-corrected chi connectivity index (χ0v) is 12.4. The molecule has 0 aliphatic carbocycles. The number of rotatable bonds is 6. The van der Waals surface area contributed by atoms with E-state index in [0.717, 1.165) is 0 Å². The zero-order valence-electron chi connectivity index (χ0n) is 11.5. The summed E-state index contributed by atoms with van der Waals surface area (Å²) < 4.78 is 28.9. The van der Waals surface area contributed by atoms with Crippen LogP contribution in [0.25, 0.3) is 0 Å². The molecule has 0 saturated carbocycles. The van der Waals surface area contributed by atoms with Crippen molar-refractivity contribution in [3.05, 3.63) is 35.4 Å². The molecule has 0 aromatic heterocycles. The molecule has 0 N–H and O–H groups in total. The molecule has 0 saturated heterocycles. The first kappa shape index (κ1) is 15.7. The van der Waals surface area contributed by atoms with Gasteiger partial charge in [-0.25, -0.2) is 8.42 Å². The molecule has 19 heavy (non-hydrogen) atoms. The molecule has 1 aromatic carbocycles. The van der Waals surface area contributed by atoms with Crippen LogP contribution in [-0.4, -0.2) is 26.7 Å². The quantitative estimate of drug-likeness (QED) is 0.751. The molecule has 1 unspecified atom stereocenters. The third kappa shape index (κ3) is 4.35. The van der Waals surface area contributed by atoms with Gasteiger partial charge in [0.2, 0.25) is 0 Å². The summed E-state index contributed by atoms with van der Waals surface area (Å²) in [6.07, 6.45) is 0.685. The van der Waals surface area contributed by atoms with Gasteiger partial charge in [-0.1, -0.05) is 31.2 Å². The molecule has 0 bridgehead atoms. The van der Waals surface area contributed by atoms with E-state index in [1.165, 1.54) is 7.11 Å². The van der Waals surface area contributed by atoms with Gasteiger partial charge >= 0.3 is 5.97 Å². The maximum Gasteiger partial charge on any atom is 0.309 e. The Labute approximate surface area is 114 Å². The Morgan fingerprint density at radius 3 is 2.37 bits per heavy atom. The van der Waals surface area contributed by atoms with Crippen molar-refractivity contribution in [1.82, 2.24) is 0 Å². The third-order valence-electron chi connectivity index (χ3n) is 3.23. The summed E-state index contributed by atoms with van der Waals surface area (Å²) >= 11 is 0. The smallest absolute Gasteiger partial charge is 0.309 e. The molecule has 0 aliphatic rings. The minimum Gasteiger partial charge on any atom is -0.469 e. The molecule has 0 aliphatic heterocycles. The SMILES string of the molecule is CCC(C)S(=O)(=O)Cc1ccccc1CC(=O)OC. The molecule has 0 fully saturated rings. The van der Waals surface area contributed by atoms with Crippen LogP contribution in [0.2, 0.25) is 0 Å². The fourth-order valence-corrected chi connectivity index (χ4v) is 3.22.